The number of hydrogen-bond donors (Lipinski definition) is 1. The first-order chi connectivity index (χ1) is 10.0. The highest BCUT2D eigenvalue weighted by Gasteiger charge is 2.28. The van der Waals surface area contributed by atoms with E-state index >= 15 is 0 Å². The Morgan fingerprint density at radius 1 is 1.33 bits per heavy atom. The first-order valence-electron chi connectivity index (χ1n) is 8.20. The minimum Gasteiger partial charge on any atom is -0.383 e. The van der Waals surface area contributed by atoms with Gasteiger partial charge >= 0.3 is 0 Å². The first kappa shape index (κ1) is 16.9. The lowest BCUT2D eigenvalue weighted by Crippen LogP contribution is -2.32. The van der Waals surface area contributed by atoms with Crippen LogP contribution in [-0.2, 0) is 10.2 Å². The normalized spacial score (nSPS) is 18.9. The first-order valence-corrected chi connectivity index (χ1v) is 9.08. The molecule has 21 heavy (non-hydrogen) atoms. The molecule has 1 N–H and O–H groups in total. The van der Waals surface area contributed by atoms with Gasteiger partial charge in [0.2, 0.25) is 0 Å². The molecule has 1 heterocycles. The van der Waals surface area contributed by atoms with E-state index in [1.54, 1.807) is 7.11 Å². The molecular formula is C17H30N2OS. The fourth-order valence-corrected chi connectivity index (χ4v) is 4.23. The van der Waals surface area contributed by atoms with Crippen molar-refractivity contribution in [2.75, 3.05) is 20.3 Å². The molecule has 120 valence electrons. The maximum Gasteiger partial charge on any atom is 0.110 e. The third-order valence-corrected chi connectivity index (χ3v) is 5.28. The van der Waals surface area contributed by atoms with Gasteiger partial charge in [-0.15, -0.1) is 11.3 Å². The summed E-state index contributed by atoms with van der Waals surface area (Å²) in [5, 5.41) is 7.20. The van der Waals surface area contributed by atoms with E-state index in [0.717, 1.165) is 19.1 Å². The Labute approximate surface area is 133 Å². The van der Waals surface area contributed by atoms with Crippen molar-refractivity contribution in [1.82, 2.24) is 10.3 Å². The van der Waals surface area contributed by atoms with E-state index in [4.69, 9.17) is 9.72 Å². The van der Waals surface area contributed by atoms with E-state index in [-0.39, 0.29) is 5.41 Å². The van der Waals surface area contributed by atoms with Crippen molar-refractivity contribution < 1.29 is 4.74 Å². The molecule has 0 radical (unpaired) electrons. The van der Waals surface area contributed by atoms with Crippen molar-refractivity contribution in [1.29, 1.82) is 0 Å². The summed E-state index contributed by atoms with van der Waals surface area (Å²) in [4.78, 5) is 4.95. The number of rotatable bonds is 6. The molecule has 1 aliphatic carbocycles. The van der Waals surface area contributed by atoms with Crippen LogP contribution < -0.4 is 5.32 Å². The van der Waals surface area contributed by atoms with Crippen molar-refractivity contribution in [2.45, 2.75) is 64.3 Å². The van der Waals surface area contributed by atoms with Gasteiger partial charge in [-0.1, -0.05) is 40.0 Å². The van der Waals surface area contributed by atoms with Crippen LogP contribution in [0.15, 0.2) is 5.38 Å². The third kappa shape index (κ3) is 4.76. The lowest BCUT2D eigenvalue weighted by atomic mass is 9.84. The molecular weight excluding hydrogens is 280 g/mol. The summed E-state index contributed by atoms with van der Waals surface area (Å²) < 4.78 is 5.20. The van der Waals surface area contributed by atoms with E-state index in [9.17, 15) is 0 Å². The smallest absolute Gasteiger partial charge is 0.110 e. The van der Waals surface area contributed by atoms with Gasteiger partial charge in [-0.05, 0) is 18.8 Å². The van der Waals surface area contributed by atoms with Gasteiger partial charge in [-0.3, -0.25) is 0 Å². The van der Waals surface area contributed by atoms with Crippen LogP contribution >= 0.6 is 11.3 Å². The van der Waals surface area contributed by atoms with E-state index in [2.05, 4.69) is 31.5 Å². The summed E-state index contributed by atoms with van der Waals surface area (Å²) in [6.07, 6.45) is 6.78. The van der Waals surface area contributed by atoms with Gasteiger partial charge in [0.15, 0.2) is 0 Å². The summed E-state index contributed by atoms with van der Waals surface area (Å²) in [7, 11) is 1.76. The topological polar surface area (TPSA) is 34.1 Å². The Morgan fingerprint density at radius 3 is 2.62 bits per heavy atom. The molecule has 3 nitrogen and oxygen atoms in total. The second-order valence-electron chi connectivity index (χ2n) is 7.14. The van der Waals surface area contributed by atoms with Crippen molar-refractivity contribution in [3.8, 4) is 0 Å². The Morgan fingerprint density at radius 2 is 2.05 bits per heavy atom. The standard InChI is InChI=1S/C17H30N2OS/c1-17(2,3)14-12-21-16(19-14)15(18-10-11-20-4)13-8-6-5-7-9-13/h12-13,15,18H,5-11H2,1-4H3. The number of nitrogens with zero attached hydrogens (tertiary/aromatic N) is 1. The maximum atomic E-state index is 5.20. The van der Waals surface area contributed by atoms with Crippen LogP contribution in [0.1, 0.15) is 69.6 Å². The third-order valence-electron chi connectivity index (χ3n) is 4.35. The van der Waals surface area contributed by atoms with Crippen LogP contribution in [0.3, 0.4) is 0 Å². The molecule has 1 aromatic heterocycles. The molecule has 4 heteroatoms. The van der Waals surface area contributed by atoms with Crippen LogP contribution in [0.4, 0.5) is 0 Å². The predicted octanol–water partition coefficient (Wildman–Crippen LogP) is 4.30. The second-order valence-corrected chi connectivity index (χ2v) is 8.03. The highest BCUT2D eigenvalue weighted by atomic mass is 32.1. The molecule has 0 spiro atoms. The van der Waals surface area contributed by atoms with Gasteiger partial charge in [-0.2, -0.15) is 0 Å². The van der Waals surface area contributed by atoms with Crippen LogP contribution in [0, 0.1) is 5.92 Å². The summed E-state index contributed by atoms with van der Waals surface area (Å²) >= 11 is 1.82. The summed E-state index contributed by atoms with van der Waals surface area (Å²) in [6.45, 7) is 8.38. The fourth-order valence-electron chi connectivity index (χ4n) is 3.01. The predicted molar refractivity (Wildman–Crippen MR) is 90.0 cm³/mol. The molecule has 0 bridgehead atoms. The number of methoxy groups -OCH3 is 1. The van der Waals surface area contributed by atoms with E-state index in [1.165, 1.54) is 42.8 Å². The Balaban J connectivity index is 2.11. The van der Waals surface area contributed by atoms with Crippen LogP contribution in [-0.4, -0.2) is 25.2 Å². The van der Waals surface area contributed by atoms with Gasteiger partial charge in [-0.25, -0.2) is 4.98 Å². The average Bonchev–Trinajstić information content (AvgIpc) is 2.94. The van der Waals surface area contributed by atoms with Gasteiger partial charge < -0.3 is 10.1 Å². The van der Waals surface area contributed by atoms with Crippen molar-refractivity contribution in [3.63, 3.8) is 0 Å². The van der Waals surface area contributed by atoms with Crippen molar-refractivity contribution in [3.05, 3.63) is 16.1 Å². The maximum absolute atomic E-state index is 5.20. The highest BCUT2D eigenvalue weighted by molar-refractivity contribution is 7.09. The largest absolute Gasteiger partial charge is 0.383 e. The zero-order chi connectivity index (χ0) is 15.3. The SMILES string of the molecule is COCCNC(c1nc(C(C)(C)C)cs1)C1CCCCC1. The zero-order valence-corrected chi connectivity index (χ0v) is 14.8. The molecule has 1 aliphatic rings. The molecule has 1 atom stereocenters. The molecule has 1 fully saturated rings. The fraction of sp³-hybridized carbons (Fsp3) is 0.824. The number of hydrogen-bond acceptors (Lipinski definition) is 4. The van der Waals surface area contributed by atoms with Crippen molar-refractivity contribution >= 4 is 11.3 Å². The van der Waals surface area contributed by atoms with E-state index in [1.807, 2.05) is 11.3 Å². The second kappa shape index (κ2) is 7.70. The highest BCUT2D eigenvalue weighted by Crippen LogP contribution is 2.36. The zero-order valence-electron chi connectivity index (χ0n) is 13.9. The van der Waals surface area contributed by atoms with Crippen LogP contribution in [0.5, 0.6) is 0 Å². The molecule has 0 saturated heterocycles. The Bertz CT molecular complexity index is 419. The minimum absolute atomic E-state index is 0.137. The van der Waals surface area contributed by atoms with Crippen molar-refractivity contribution in [2.24, 2.45) is 5.92 Å². The van der Waals surface area contributed by atoms with Gasteiger partial charge in [0.1, 0.15) is 5.01 Å². The molecule has 0 aromatic carbocycles. The van der Waals surface area contributed by atoms with Crippen LogP contribution in [0.25, 0.3) is 0 Å². The van der Waals surface area contributed by atoms with E-state index in [0.29, 0.717) is 6.04 Å². The van der Waals surface area contributed by atoms with E-state index < -0.39 is 0 Å². The molecule has 1 aromatic rings. The van der Waals surface area contributed by atoms with Gasteiger partial charge in [0.25, 0.3) is 0 Å². The summed E-state index contributed by atoms with van der Waals surface area (Å²) in [5.74, 6) is 0.731. The lowest BCUT2D eigenvalue weighted by molar-refractivity contribution is 0.184. The monoisotopic (exact) mass is 310 g/mol. The molecule has 0 aliphatic heterocycles. The quantitative estimate of drug-likeness (QED) is 0.796. The molecule has 1 saturated carbocycles. The molecule has 2 rings (SSSR count). The Kier molecular flexibility index (Phi) is 6.20. The Hall–Kier alpha value is -0.450. The molecule has 1 unspecified atom stereocenters. The van der Waals surface area contributed by atoms with Crippen LogP contribution in [0.2, 0.25) is 0 Å². The minimum atomic E-state index is 0.137. The lowest BCUT2D eigenvalue weighted by Gasteiger charge is -2.30. The average molecular weight is 311 g/mol. The number of nitrogens with one attached hydrogen (secondary N) is 1. The number of aromatic nitrogens is 1. The summed E-state index contributed by atoms with van der Waals surface area (Å²) in [5.41, 5.74) is 1.36. The van der Waals surface area contributed by atoms with Gasteiger partial charge in [0, 0.05) is 24.4 Å². The van der Waals surface area contributed by atoms with Gasteiger partial charge in [0.05, 0.1) is 18.3 Å². The number of thiazole rings is 1. The summed E-state index contributed by atoms with van der Waals surface area (Å²) in [6, 6.07) is 0.404. The number of ether oxygens (including phenoxy) is 1. The molecule has 0 amide bonds.